The van der Waals surface area contributed by atoms with Gasteiger partial charge in [0.25, 0.3) is 0 Å². The quantitative estimate of drug-likeness (QED) is 0.0150. The molecule has 6 N–H and O–H groups in total. The Balaban J connectivity index is 2.50. The summed E-state index contributed by atoms with van der Waals surface area (Å²) in [5.74, 6) is -1.13. The molecule has 0 aliphatic heterocycles. The van der Waals surface area contributed by atoms with Crippen LogP contribution in [0.5, 0.6) is 0 Å². The SMILES string of the molecule is CCCCCCCC/C=C/C/C=C/CCCCC(=O)O[C@@H](COC(=O)CCCCCCCCCCCCCCCC)COP(=O)(O)OC1C(O)C(O)C(O)[C@H](O)C1O. The van der Waals surface area contributed by atoms with Gasteiger partial charge in [-0.05, 0) is 44.9 Å². The van der Waals surface area contributed by atoms with E-state index in [9.17, 15) is 44.6 Å². The summed E-state index contributed by atoms with van der Waals surface area (Å²) in [5, 5.41) is 50.1. The lowest BCUT2D eigenvalue weighted by molar-refractivity contribution is -0.220. The first-order valence-corrected chi connectivity index (χ1v) is 24.1. The van der Waals surface area contributed by atoms with E-state index >= 15 is 0 Å². The number of unbranched alkanes of at least 4 members (excludes halogenated alkanes) is 21. The highest BCUT2D eigenvalue weighted by atomic mass is 31.2. The Morgan fingerprint density at radius 2 is 0.931 bits per heavy atom. The van der Waals surface area contributed by atoms with Crippen molar-refractivity contribution in [2.75, 3.05) is 13.2 Å². The molecule has 0 heterocycles. The number of hydrogen-bond donors (Lipinski definition) is 6. The van der Waals surface area contributed by atoms with Crippen LogP contribution in [-0.4, -0.2) is 98.3 Å². The first kappa shape index (κ1) is 54.3. The van der Waals surface area contributed by atoms with Gasteiger partial charge in [0, 0.05) is 12.8 Å². The molecule has 58 heavy (non-hydrogen) atoms. The molecule has 0 aromatic rings. The molecule has 0 radical (unpaired) electrons. The number of aliphatic hydroxyl groups excluding tert-OH is 5. The smallest absolute Gasteiger partial charge is 0.462 e. The van der Waals surface area contributed by atoms with Crippen LogP contribution in [0, 0.1) is 0 Å². The fraction of sp³-hybridized carbons (Fsp3) is 0.864. The van der Waals surface area contributed by atoms with Crippen molar-refractivity contribution in [2.24, 2.45) is 0 Å². The molecule has 13 nitrogen and oxygen atoms in total. The summed E-state index contributed by atoms with van der Waals surface area (Å²) in [7, 11) is -5.12. The van der Waals surface area contributed by atoms with Crippen molar-refractivity contribution in [2.45, 2.75) is 230 Å². The number of esters is 2. The number of phosphoric ester groups is 1. The molecule has 6 unspecified atom stereocenters. The van der Waals surface area contributed by atoms with E-state index in [0.29, 0.717) is 12.8 Å². The van der Waals surface area contributed by atoms with Crippen molar-refractivity contribution >= 4 is 19.8 Å². The van der Waals surface area contributed by atoms with E-state index in [-0.39, 0.29) is 12.8 Å². The molecule has 1 aliphatic rings. The molecule has 1 aliphatic carbocycles. The van der Waals surface area contributed by atoms with Crippen LogP contribution in [0.2, 0.25) is 0 Å². The number of allylic oxidation sites excluding steroid dienone is 4. The minimum absolute atomic E-state index is 0.0569. The van der Waals surface area contributed by atoms with E-state index in [1.54, 1.807) is 0 Å². The van der Waals surface area contributed by atoms with Gasteiger partial charge in [-0.15, -0.1) is 0 Å². The average Bonchev–Trinajstić information content (AvgIpc) is 3.20. The van der Waals surface area contributed by atoms with E-state index in [2.05, 4.69) is 38.2 Å². The second-order valence-electron chi connectivity index (χ2n) is 15.9. The normalized spacial score (nSPS) is 22.7. The first-order valence-electron chi connectivity index (χ1n) is 22.6. The monoisotopic (exact) mass is 849 g/mol. The zero-order chi connectivity index (χ0) is 42.9. The van der Waals surface area contributed by atoms with Crippen molar-refractivity contribution in [3.05, 3.63) is 24.3 Å². The summed E-state index contributed by atoms with van der Waals surface area (Å²) in [6.07, 6.45) is 23.8. The minimum Gasteiger partial charge on any atom is -0.462 e. The van der Waals surface area contributed by atoms with Crippen LogP contribution in [-0.2, 0) is 32.7 Å². The van der Waals surface area contributed by atoms with Gasteiger partial charge in [-0.1, -0.05) is 154 Å². The van der Waals surface area contributed by atoms with Gasteiger partial charge >= 0.3 is 19.8 Å². The van der Waals surface area contributed by atoms with Crippen molar-refractivity contribution in [1.29, 1.82) is 0 Å². The highest BCUT2D eigenvalue weighted by Crippen LogP contribution is 2.47. The number of carbonyl (C=O) groups is 2. The van der Waals surface area contributed by atoms with Gasteiger partial charge < -0.3 is 39.9 Å². The second-order valence-corrected chi connectivity index (χ2v) is 17.3. The molecule has 8 atom stereocenters. The van der Waals surface area contributed by atoms with Gasteiger partial charge in [-0.2, -0.15) is 0 Å². The third-order valence-corrected chi connectivity index (χ3v) is 11.5. The van der Waals surface area contributed by atoms with Crippen LogP contribution in [0.25, 0.3) is 0 Å². The number of ether oxygens (including phenoxy) is 2. The van der Waals surface area contributed by atoms with Crippen LogP contribution in [0.4, 0.5) is 0 Å². The summed E-state index contributed by atoms with van der Waals surface area (Å²) in [6.45, 7) is 3.26. The summed E-state index contributed by atoms with van der Waals surface area (Å²) in [6, 6.07) is 0. The third-order valence-electron chi connectivity index (χ3n) is 10.5. The molecule has 0 bridgehead atoms. The topological polar surface area (TPSA) is 210 Å². The highest BCUT2D eigenvalue weighted by Gasteiger charge is 2.51. The van der Waals surface area contributed by atoms with Crippen LogP contribution >= 0.6 is 7.82 Å². The predicted octanol–water partition coefficient (Wildman–Crippen LogP) is 8.45. The second kappa shape index (κ2) is 35.0. The Morgan fingerprint density at radius 1 is 0.534 bits per heavy atom. The number of carbonyl (C=O) groups excluding carboxylic acids is 2. The molecule has 340 valence electrons. The van der Waals surface area contributed by atoms with E-state index in [4.69, 9.17) is 18.5 Å². The average molecular weight is 849 g/mol. The van der Waals surface area contributed by atoms with E-state index in [0.717, 1.165) is 44.9 Å². The van der Waals surface area contributed by atoms with Gasteiger partial charge in [-0.25, -0.2) is 4.57 Å². The Bertz CT molecular complexity index is 1120. The van der Waals surface area contributed by atoms with Gasteiger partial charge in [-0.3, -0.25) is 18.6 Å². The van der Waals surface area contributed by atoms with Gasteiger partial charge in [0.2, 0.25) is 0 Å². The minimum atomic E-state index is -5.12. The Labute approximate surface area is 349 Å². The first-order chi connectivity index (χ1) is 27.9. The van der Waals surface area contributed by atoms with Crippen molar-refractivity contribution in [1.82, 2.24) is 0 Å². The van der Waals surface area contributed by atoms with Gasteiger partial charge in [0.05, 0.1) is 6.61 Å². The number of hydrogen-bond acceptors (Lipinski definition) is 12. The molecular formula is C44H81O13P. The highest BCUT2D eigenvalue weighted by molar-refractivity contribution is 7.47. The number of rotatable bonds is 37. The zero-order valence-corrected chi connectivity index (χ0v) is 36.7. The van der Waals surface area contributed by atoms with E-state index in [1.165, 1.54) is 103 Å². The Morgan fingerprint density at radius 3 is 1.43 bits per heavy atom. The molecule has 0 spiro atoms. The molecular weight excluding hydrogens is 767 g/mol. The lowest BCUT2D eigenvalue weighted by Gasteiger charge is -2.41. The standard InChI is InChI=1S/C44H81O13P/c1-3-5-7-9-11-13-15-17-19-21-23-25-27-29-31-33-38(46)56-36(35-55-58(52,53)57-44-42(50)40(48)39(47)41(49)43(44)51)34-54-37(45)32-30-28-26-24-22-20-18-16-14-12-10-8-6-4-2/h17,19,23,25,36,39-44,47-51H,3-16,18,20-22,24,26-35H2,1-2H3,(H,52,53)/b19-17+,25-23+/t36-,39?,40-,41?,42?,43?,44?/m0/s1. The van der Waals surface area contributed by atoms with Crippen LogP contribution in [0.1, 0.15) is 187 Å². The predicted molar refractivity (Wildman–Crippen MR) is 226 cm³/mol. The summed E-state index contributed by atoms with van der Waals surface area (Å²) in [5.41, 5.74) is 0. The van der Waals surface area contributed by atoms with Crippen molar-refractivity contribution in [3.8, 4) is 0 Å². The maximum Gasteiger partial charge on any atom is 0.472 e. The van der Waals surface area contributed by atoms with Crippen LogP contribution < -0.4 is 0 Å². The van der Waals surface area contributed by atoms with Crippen LogP contribution in [0.3, 0.4) is 0 Å². The fourth-order valence-corrected chi connectivity index (χ4v) is 7.82. The molecule has 0 aromatic carbocycles. The van der Waals surface area contributed by atoms with E-state index < -0.39 is 75.7 Å². The molecule has 1 fully saturated rings. The summed E-state index contributed by atoms with van der Waals surface area (Å²) < 4.78 is 33.4. The van der Waals surface area contributed by atoms with Crippen LogP contribution in [0.15, 0.2) is 24.3 Å². The third kappa shape index (κ3) is 27.2. The summed E-state index contributed by atoms with van der Waals surface area (Å²) >= 11 is 0. The number of phosphoric acid groups is 1. The lowest BCUT2D eigenvalue weighted by Crippen LogP contribution is -2.64. The zero-order valence-electron chi connectivity index (χ0n) is 35.8. The largest absolute Gasteiger partial charge is 0.472 e. The fourth-order valence-electron chi connectivity index (χ4n) is 6.85. The van der Waals surface area contributed by atoms with Crippen molar-refractivity contribution in [3.63, 3.8) is 0 Å². The molecule has 14 heteroatoms. The van der Waals surface area contributed by atoms with Gasteiger partial charge in [0.1, 0.15) is 43.2 Å². The maximum absolute atomic E-state index is 12.8. The summed E-state index contributed by atoms with van der Waals surface area (Å²) in [4.78, 5) is 35.6. The van der Waals surface area contributed by atoms with Crippen molar-refractivity contribution < 1.29 is 63.1 Å². The maximum atomic E-state index is 12.8. The van der Waals surface area contributed by atoms with E-state index in [1.807, 2.05) is 0 Å². The number of aliphatic hydroxyl groups is 5. The van der Waals surface area contributed by atoms with Gasteiger partial charge in [0.15, 0.2) is 6.10 Å². The molecule has 0 aromatic heterocycles. The molecule has 1 saturated carbocycles. The molecule has 0 amide bonds. The Hall–Kier alpha value is -1.67. The lowest BCUT2D eigenvalue weighted by atomic mass is 9.85. The molecule has 1 rings (SSSR count). The Kier molecular flexibility index (Phi) is 32.8. The molecule has 0 saturated heterocycles.